The maximum absolute atomic E-state index is 6.36. The van der Waals surface area contributed by atoms with Crippen LogP contribution < -0.4 is 5.32 Å². The third kappa shape index (κ3) is 1.93. The first-order chi connectivity index (χ1) is 8.79. The molecular formula is C14H13ClN2S. The van der Waals surface area contributed by atoms with Gasteiger partial charge in [-0.3, -0.25) is 0 Å². The maximum Gasteiger partial charge on any atom is 0.0987 e. The lowest BCUT2D eigenvalue weighted by Crippen LogP contribution is -2.23. The molecule has 0 bridgehead atoms. The third-order valence-corrected chi connectivity index (χ3v) is 4.65. The van der Waals surface area contributed by atoms with Gasteiger partial charge in [0.1, 0.15) is 0 Å². The fourth-order valence-electron chi connectivity index (χ4n) is 2.18. The fourth-order valence-corrected chi connectivity index (χ4v) is 3.50. The molecule has 0 saturated heterocycles. The Kier molecular flexibility index (Phi) is 3.10. The van der Waals surface area contributed by atoms with Gasteiger partial charge < -0.3 is 5.32 Å². The van der Waals surface area contributed by atoms with E-state index in [2.05, 4.69) is 29.4 Å². The lowest BCUT2D eigenvalue weighted by atomic mass is 9.98. The number of aliphatic imine (C=N–C) groups is 1. The zero-order chi connectivity index (χ0) is 12.5. The first-order valence-electron chi connectivity index (χ1n) is 5.95. The molecule has 0 radical (unpaired) electrons. The van der Waals surface area contributed by atoms with Crippen LogP contribution in [0, 0.1) is 0 Å². The highest BCUT2D eigenvalue weighted by molar-refractivity contribution is 7.16. The van der Waals surface area contributed by atoms with Crippen LogP contribution in [-0.4, -0.2) is 6.34 Å². The summed E-state index contributed by atoms with van der Waals surface area (Å²) in [7, 11) is 0. The molecule has 2 nitrogen and oxygen atoms in total. The summed E-state index contributed by atoms with van der Waals surface area (Å²) in [6.07, 6.45) is 2.78. The summed E-state index contributed by atoms with van der Waals surface area (Å²) in [5, 5.41) is 3.30. The summed E-state index contributed by atoms with van der Waals surface area (Å²) < 4.78 is 0.870. The van der Waals surface area contributed by atoms with E-state index in [0.29, 0.717) is 0 Å². The second-order valence-electron chi connectivity index (χ2n) is 4.21. The van der Waals surface area contributed by atoms with Gasteiger partial charge in [0.15, 0.2) is 0 Å². The minimum Gasteiger partial charge on any atom is -0.365 e. The third-order valence-electron chi connectivity index (χ3n) is 3.12. The second kappa shape index (κ2) is 4.75. The first kappa shape index (κ1) is 11.8. The summed E-state index contributed by atoms with van der Waals surface area (Å²) >= 11 is 8.02. The van der Waals surface area contributed by atoms with Gasteiger partial charge in [-0.1, -0.05) is 36.7 Å². The number of rotatable bonds is 2. The van der Waals surface area contributed by atoms with Crippen molar-refractivity contribution in [2.75, 3.05) is 0 Å². The number of aryl methyl sites for hydroxylation is 1. The summed E-state index contributed by atoms with van der Waals surface area (Å²) in [6, 6.07) is 10.5. The zero-order valence-electron chi connectivity index (χ0n) is 9.98. The molecule has 3 rings (SSSR count). The van der Waals surface area contributed by atoms with Crippen LogP contribution in [0.3, 0.4) is 0 Å². The Labute approximate surface area is 115 Å². The largest absolute Gasteiger partial charge is 0.365 e. The molecule has 2 heterocycles. The van der Waals surface area contributed by atoms with E-state index < -0.39 is 0 Å². The first-order valence-corrected chi connectivity index (χ1v) is 7.14. The van der Waals surface area contributed by atoms with E-state index in [1.807, 2.05) is 18.2 Å². The lowest BCUT2D eigenvalue weighted by molar-refractivity contribution is 0.764. The summed E-state index contributed by atoms with van der Waals surface area (Å²) in [4.78, 5) is 5.67. The van der Waals surface area contributed by atoms with Gasteiger partial charge in [-0.15, -0.1) is 11.3 Å². The van der Waals surface area contributed by atoms with E-state index in [1.165, 1.54) is 10.4 Å². The molecule has 2 aromatic rings. The molecule has 18 heavy (non-hydrogen) atoms. The van der Waals surface area contributed by atoms with Crippen LogP contribution in [0.25, 0.3) is 0 Å². The molecule has 0 spiro atoms. The maximum atomic E-state index is 6.36. The smallest absolute Gasteiger partial charge is 0.0987 e. The Bertz CT molecular complexity index is 604. The molecule has 1 aliphatic rings. The lowest BCUT2D eigenvalue weighted by Gasteiger charge is -2.22. The second-order valence-corrected chi connectivity index (χ2v) is 5.95. The van der Waals surface area contributed by atoms with Crippen molar-refractivity contribution >= 4 is 35.0 Å². The van der Waals surface area contributed by atoms with Crippen molar-refractivity contribution in [3.8, 4) is 0 Å². The van der Waals surface area contributed by atoms with Crippen molar-refractivity contribution < 1.29 is 0 Å². The molecule has 0 saturated carbocycles. The molecule has 1 atom stereocenters. The summed E-state index contributed by atoms with van der Waals surface area (Å²) in [5.41, 5.74) is 3.35. The van der Waals surface area contributed by atoms with Crippen LogP contribution >= 0.6 is 22.9 Å². The van der Waals surface area contributed by atoms with Crippen molar-refractivity contribution in [3.63, 3.8) is 0 Å². The highest BCUT2D eigenvalue weighted by Crippen LogP contribution is 2.39. The number of hydrogen-bond donors (Lipinski definition) is 1. The molecule has 0 aliphatic carbocycles. The van der Waals surface area contributed by atoms with E-state index in [9.17, 15) is 0 Å². The number of halogens is 1. The number of fused-ring (bicyclic) bond motifs is 1. The standard InChI is InChI=1S/C14H13ClN2S/c1-2-9-7-11(14(15)18-9)13-10-5-3-4-6-12(10)16-8-17-13/h3-8,13H,2H2,1H3,(H,16,17). The highest BCUT2D eigenvalue weighted by Gasteiger charge is 2.22. The fraction of sp³-hybridized carbons (Fsp3) is 0.214. The SMILES string of the molecule is CCc1cc(C2NC=Nc3ccccc32)c(Cl)s1. The van der Waals surface area contributed by atoms with Gasteiger partial charge in [0.2, 0.25) is 0 Å². The summed E-state index contributed by atoms with van der Waals surface area (Å²) in [6.45, 7) is 2.15. The molecule has 4 heteroatoms. The minimum absolute atomic E-state index is 0.114. The van der Waals surface area contributed by atoms with Gasteiger partial charge in [-0.2, -0.15) is 0 Å². The van der Waals surface area contributed by atoms with Crippen LogP contribution in [-0.2, 0) is 6.42 Å². The molecule has 1 unspecified atom stereocenters. The molecular weight excluding hydrogens is 264 g/mol. The van der Waals surface area contributed by atoms with Crippen LogP contribution in [0.1, 0.15) is 29.0 Å². The number of para-hydroxylation sites is 1. The quantitative estimate of drug-likeness (QED) is 0.868. The molecule has 0 fully saturated rings. The van der Waals surface area contributed by atoms with Crippen LogP contribution in [0.4, 0.5) is 5.69 Å². The molecule has 1 aromatic heterocycles. The Morgan fingerprint density at radius 3 is 2.94 bits per heavy atom. The normalized spacial score (nSPS) is 17.3. The highest BCUT2D eigenvalue weighted by atomic mass is 35.5. The van der Waals surface area contributed by atoms with Crippen molar-refractivity contribution in [1.82, 2.24) is 5.32 Å². The molecule has 1 aliphatic heterocycles. The van der Waals surface area contributed by atoms with E-state index in [-0.39, 0.29) is 6.04 Å². The van der Waals surface area contributed by atoms with Gasteiger partial charge >= 0.3 is 0 Å². The van der Waals surface area contributed by atoms with Gasteiger partial charge in [0.05, 0.1) is 22.4 Å². The Hall–Kier alpha value is -1.32. The van der Waals surface area contributed by atoms with Crippen LogP contribution in [0.2, 0.25) is 4.34 Å². The predicted octanol–water partition coefficient (Wildman–Crippen LogP) is 4.32. The number of nitrogens with one attached hydrogen (secondary N) is 1. The van der Waals surface area contributed by atoms with Crippen molar-refractivity contribution in [3.05, 3.63) is 50.7 Å². The molecule has 1 aromatic carbocycles. The topological polar surface area (TPSA) is 24.4 Å². The average Bonchev–Trinajstić information content (AvgIpc) is 2.79. The summed E-state index contributed by atoms with van der Waals surface area (Å²) in [5.74, 6) is 0. The number of thiophene rings is 1. The van der Waals surface area contributed by atoms with Crippen LogP contribution in [0.15, 0.2) is 35.3 Å². The van der Waals surface area contributed by atoms with Gasteiger partial charge in [-0.05, 0) is 18.6 Å². The van der Waals surface area contributed by atoms with Gasteiger partial charge in [0.25, 0.3) is 0 Å². The Balaban J connectivity index is 2.07. The minimum atomic E-state index is 0.114. The molecule has 0 amide bonds. The van der Waals surface area contributed by atoms with Crippen molar-refractivity contribution in [2.24, 2.45) is 4.99 Å². The van der Waals surface area contributed by atoms with E-state index >= 15 is 0 Å². The van der Waals surface area contributed by atoms with E-state index in [0.717, 1.165) is 22.0 Å². The Morgan fingerprint density at radius 1 is 1.33 bits per heavy atom. The van der Waals surface area contributed by atoms with Gasteiger partial charge in [0, 0.05) is 16.0 Å². The molecule has 92 valence electrons. The predicted molar refractivity (Wildman–Crippen MR) is 78.3 cm³/mol. The van der Waals surface area contributed by atoms with Crippen molar-refractivity contribution in [2.45, 2.75) is 19.4 Å². The monoisotopic (exact) mass is 276 g/mol. The Morgan fingerprint density at radius 2 is 2.17 bits per heavy atom. The number of benzene rings is 1. The zero-order valence-corrected chi connectivity index (χ0v) is 11.6. The number of hydrogen-bond acceptors (Lipinski definition) is 3. The molecule has 1 N–H and O–H groups in total. The number of nitrogens with zero attached hydrogens (tertiary/aromatic N) is 1. The van der Waals surface area contributed by atoms with Gasteiger partial charge in [-0.25, -0.2) is 4.99 Å². The van der Waals surface area contributed by atoms with E-state index in [1.54, 1.807) is 17.7 Å². The van der Waals surface area contributed by atoms with Crippen LogP contribution in [0.5, 0.6) is 0 Å². The average molecular weight is 277 g/mol. The van der Waals surface area contributed by atoms with Crippen molar-refractivity contribution in [1.29, 1.82) is 0 Å². The van der Waals surface area contributed by atoms with E-state index in [4.69, 9.17) is 11.6 Å².